The summed E-state index contributed by atoms with van der Waals surface area (Å²) in [5, 5.41) is 7.55. The van der Waals surface area contributed by atoms with E-state index in [4.69, 9.17) is 11.1 Å². The van der Waals surface area contributed by atoms with Gasteiger partial charge in [0, 0.05) is 32.2 Å². The SMILES string of the molecule is CN(Cc1cccnc1)c1ncccc1C(=N)N. The van der Waals surface area contributed by atoms with Gasteiger partial charge in [0.05, 0.1) is 5.56 Å². The topological polar surface area (TPSA) is 78.9 Å². The van der Waals surface area contributed by atoms with Crippen molar-refractivity contribution >= 4 is 11.7 Å². The number of amidine groups is 1. The van der Waals surface area contributed by atoms with Crippen molar-refractivity contribution < 1.29 is 0 Å². The Morgan fingerprint density at radius 3 is 2.78 bits per heavy atom. The number of hydrogen-bond donors (Lipinski definition) is 2. The molecule has 0 aromatic carbocycles. The van der Waals surface area contributed by atoms with Gasteiger partial charge in [-0.1, -0.05) is 6.07 Å². The highest BCUT2D eigenvalue weighted by atomic mass is 15.2. The molecule has 2 aromatic rings. The van der Waals surface area contributed by atoms with Crippen molar-refractivity contribution in [2.24, 2.45) is 5.73 Å². The molecule has 5 nitrogen and oxygen atoms in total. The maximum atomic E-state index is 7.55. The largest absolute Gasteiger partial charge is 0.384 e. The van der Waals surface area contributed by atoms with Crippen LogP contribution >= 0.6 is 0 Å². The van der Waals surface area contributed by atoms with Gasteiger partial charge in [-0.2, -0.15) is 0 Å². The fourth-order valence-electron chi connectivity index (χ4n) is 1.75. The lowest BCUT2D eigenvalue weighted by molar-refractivity contribution is 0.889. The van der Waals surface area contributed by atoms with Crippen LogP contribution in [-0.2, 0) is 6.54 Å². The van der Waals surface area contributed by atoms with Crippen molar-refractivity contribution in [3.05, 3.63) is 54.0 Å². The van der Waals surface area contributed by atoms with Crippen LogP contribution in [0.3, 0.4) is 0 Å². The first-order chi connectivity index (χ1) is 8.68. The Labute approximate surface area is 106 Å². The third kappa shape index (κ3) is 2.63. The number of nitrogen functional groups attached to an aromatic ring is 1. The van der Waals surface area contributed by atoms with Crippen LogP contribution in [0.15, 0.2) is 42.9 Å². The highest BCUT2D eigenvalue weighted by Gasteiger charge is 2.10. The molecule has 3 N–H and O–H groups in total. The lowest BCUT2D eigenvalue weighted by Gasteiger charge is -2.20. The number of pyridine rings is 2. The zero-order valence-corrected chi connectivity index (χ0v) is 10.2. The number of hydrogen-bond acceptors (Lipinski definition) is 4. The van der Waals surface area contributed by atoms with E-state index in [2.05, 4.69) is 9.97 Å². The van der Waals surface area contributed by atoms with Gasteiger partial charge in [-0.05, 0) is 23.8 Å². The molecular weight excluding hydrogens is 226 g/mol. The molecule has 5 heteroatoms. The van der Waals surface area contributed by atoms with Gasteiger partial charge in [-0.25, -0.2) is 4.98 Å². The summed E-state index contributed by atoms with van der Waals surface area (Å²) >= 11 is 0. The minimum Gasteiger partial charge on any atom is -0.384 e. The molecule has 0 atom stereocenters. The molecule has 2 aromatic heterocycles. The predicted octanol–water partition coefficient (Wildman–Crippen LogP) is 1.40. The summed E-state index contributed by atoms with van der Waals surface area (Å²) < 4.78 is 0. The molecule has 92 valence electrons. The molecule has 0 aliphatic carbocycles. The van der Waals surface area contributed by atoms with E-state index < -0.39 is 0 Å². The normalized spacial score (nSPS) is 10.1. The molecule has 0 spiro atoms. The van der Waals surface area contributed by atoms with Gasteiger partial charge in [0.2, 0.25) is 0 Å². The number of nitrogens with one attached hydrogen (secondary N) is 1. The Morgan fingerprint density at radius 2 is 2.11 bits per heavy atom. The molecule has 0 aliphatic heterocycles. The second-order valence-electron chi connectivity index (χ2n) is 4.01. The number of nitrogens with two attached hydrogens (primary N) is 1. The van der Waals surface area contributed by atoms with Crippen LogP contribution in [0, 0.1) is 5.41 Å². The molecule has 0 fully saturated rings. The van der Waals surface area contributed by atoms with Crippen molar-refractivity contribution in [3.8, 4) is 0 Å². The molecular formula is C13H15N5. The van der Waals surface area contributed by atoms with E-state index in [1.807, 2.05) is 30.3 Å². The van der Waals surface area contributed by atoms with Gasteiger partial charge >= 0.3 is 0 Å². The van der Waals surface area contributed by atoms with Gasteiger partial charge in [0.25, 0.3) is 0 Å². The van der Waals surface area contributed by atoms with Crippen LogP contribution < -0.4 is 10.6 Å². The van der Waals surface area contributed by atoms with E-state index in [0.717, 1.165) is 5.56 Å². The molecule has 18 heavy (non-hydrogen) atoms. The maximum absolute atomic E-state index is 7.55. The van der Waals surface area contributed by atoms with Crippen LogP contribution in [0.1, 0.15) is 11.1 Å². The van der Waals surface area contributed by atoms with Crippen molar-refractivity contribution in [2.75, 3.05) is 11.9 Å². The molecule has 0 saturated heterocycles. The first-order valence-electron chi connectivity index (χ1n) is 5.58. The lowest BCUT2D eigenvalue weighted by atomic mass is 10.2. The number of nitrogens with zero attached hydrogens (tertiary/aromatic N) is 3. The van der Waals surface area contributed by atoms with E-state index in [1.165, 1.54) is 0 Å². The first-order valence-corrected chi connectivity index (χ1v) is 5.58. The summed E-state index contributed by atoms with van der Waals surface area (Å²) in [4.78, 5) is 10.3. The molecule has 0 aliphatic rings. The average Bonchev–Trinajstić information content (AvgIpc) is 2.40. The smallest absolute Gasteiger partial charge is 0.139 e. The molecule has 0 unspecified atom stereocenters. The van der Waals surface area contributed by atoms with Gasteiger partial charge in [-0.3, -0.25) is 10.4 Å². The fraction of sp³-hybridized carbons (Fsp3) is 0.154. The Bertz CT molecular complexity index is 538. The second kappa shape index (κ2) is 5.27. The van der Waals surface area contributed by atoms with E-state index in [-0.39, 0.29) is 5.84 Å². The quantitative estimate of drug-likeness (QED) is 0.626. The Hall–Kier alpha value is -2.43. The summed E-state index contributed by atoms with van der Waals surface area (Å²) in [6.45, 7) is 0.672. The Balaban J connectivity index is 2.24. The summed E-state index contributed by atoms with van der Waals surface area (Å²) in [6.07, 6.45) is 5.25. The molecule has 0 radical (unpaired) electrons. The fourth-order valence-corrected chi connectivity index (χ4v) is 1.75. The van der Waals surface area contributed by atoms with E-state index in [0.29, 0.717) is 17.9 Å². The first kappa shape index (κ1) is 12.0. The van der Waals surface area contributed by atoms with E-state index in [1.54, 1.807) is 24.5 Å². The molecule has 2 heterocycles. The van der Waals surface area contributed by atoms with E-state index in [9.17, 15) is 0 Å². The summed E-state index contributed by atoms with van der Waals surface area (Å²) in [6, 6.07) is 7.47. The minimum absolute atomic E-state index is 0.0242. The van der Waals surface area contributed by atoms with Gasteiger partial charge in [-0.15, -0.1) is 0 Å². The summed E-state index contributed by atoms with van der Waals surface area (Å²) in [5.41, 5.74) is 7.28. The molecule has 0 saturated carbocycles. The standard InChI is InChI=1S/C13H15N5/c1-18(9-10-4-2-6-16-8-10)13-11(12(14)15)5-3-7-17-13/h2-8H,9H2,1H3,(H3,14,15). The van der Waals surface area contributed by atoms with Crippen molar-refractivity contribution in [3.63, 3.8) is 0 Å². The number of aromatic nitrogens is 2. The minimum atomic E-state index is 0.0242. The van der Waals surface area contributed by atoms with Crippen molar-refractivity contribution in [1.29, 1.82) is 5.41 Å². The Kier molecular flexibility index (Phi) is 3.52. The highest BCUT2D eigenvalue weighted by Crippen LogP contribution is 2.17. The third-order valence-corrected chi connectivity index (χ3v) is 2.58. The molecule has 2 rings (SSSR count). The van der Waals surface area contributed by atoms with Crippen molar-refractivity contribution in [1.82, 2.24) is 9.97 Å². The predicted molar refractivity (Wildman–Crippen MR) is 71.6 cm³/mol. The Morgan fingerprint density at radius 1 is 1.33 bits per heavy atom. The second-order valence-corrected chi connectivity index (χ2v) is 4.01. The maximum Gasteiger partial charge on any atom is 0.139 e. The highest BCUT2D eigenvalue weighted by molar-refractivity contribution is 5.99. The number of anilines is 1. The third-order valence-electron chi connectivity index (χ3n) is 2.58. The summed E-state index contributed by atoms with van der Waals surface area (Å²) in [5.74, 6) is 0.727. The zero-order chi connectivity index (χ0) is 13.0. The van der Waals surface area contributed by atoms with Crippen LogP contribution in [-0.4, -0.2) is 22.9 Å². The van der Waals surface area contributed by atoms with Gasteiger partial charge < -0.3 is 10.6 Å². The average molecular weight is 241 g/mol. The van der Waals surface area contributed by atoms with Gasteiger partial charge in [0.1, 0.15) is 11.7 Å². The molecule has 0 bridgehead atoms. The lowest BCUT2D eigenvalue weighted by Crippen LogP contribution is -2.23. The molecule has 0 amide bonds. The zero-order valence-electron chi connectivity index (χ0n) is 10.2. The van der Waals surface area contributed by atoms with Crippen LogP contribution in [0.5, 0.6) is 0 Å². The van der Waals surface area contributed by atoms with Gasteiger partial charge in [0.15, 0.2) is 0 Å². The monoisotopic (exact) mass is 241 g/mol. The van der Waals surface area contributed by atoms with E-state index >= 15 is 0 Å². The van der Waals surface area contributed by atoms with Crippen LogP contribution in [0.4, 0.5) is 5.82 Å². The van der Waals surface area contributed by atoms with Crippen LogP contribution in [0.25, 0.3) is 0 Å². The van der Waals surface area contributed by atoms with Crippen LogP contribution in [0.2, 0.25) is 0 Å². The van der Waals surface area contributed by atoms with Crippen molar-refractivity contribution in [2.45, 2.75) is 6.54 Å². The summed E-state index contributed by atoms with van der Waals surface area (Å²) in [7, 11) is 1.92. The number of rotatable bonds is 4.